The van der Waals surface area contributed by atoms with Gasteiger partial charge in [0, 0.05) is 30.6 Å². The van der Waals surface area contributed by atoms with Crippen molar-refractivity contribution in [2.24, 2.45) is 5.92 Å². The van der Waals surface area contributed by atoms with E-state index >= 15 is 0 Å². The first-order valence-corrected chi connectivity index (χ1v) is 13.0. The van der Waals surface area contributed by atoms with Gasteiger partial charge in [-0.1, -0.05) is 30.3 Å². The number of thiophene rings is 1. The van der Waals surface area contributed by atoms with E-state index in [1.54, 1.807) is 28.8 Å². The van der Waals surface area contributed by atoms with Crippen LogP contribution in [0.25, 0.3) is 11.3 Å². The van der Waals surface area contributed by atoms with Crippen molar-refractivity contribution >= 4 is 38.6 Å². The summed E-state index contributed by atoms with van der Waals surface area (Å²) in [4.78, 5) is 17.2. The molecule has 1 atom stereocenters. The Hall–Kier alpha value is -2.07. The van der Waals surface area contributed by atoms with E-state index in [-0.39, 0.29) is 18.4 Å². The van der Waals surface area contributed by atoms with E-state index < -0.39 is 10.0 Å². The summed E-state index contributed by atoms with van der Waals surface area (Å²) in [6.07, 6.45) is 1.38. The number of benzene rings is 1. The van der Waals surface area contributed by atoms with Crippen molar-refractivity contribution in [3.63, 3.8) is 0 Å². The van der Waals surface area contributed by atoms with E-state index in [1.165, 1.54) is 15.6 Å². The smallest absolute Gasteiger partial charge is 0.252 e. The molecule has 1 saturated heterocycles. The highest BCUT2D eigenvalue weighted by molar-refractivity contribution is 7.91. The van der Waals surface area contributed by atoms with E-state index in [2.05, 4.69) is 10.3 Å². The van der Waals surface area contributed by atoms with Crippen molar-refractivity contribution in [1.29, 1.82) is 0 Å². The van der Waals surface area contributed by atoms with Crippen molar-refractivity contribution in [3.05, 3.63) is 57.7 Å². The van der Waals surface area contributed by atoms with Crippen LogP contribution in [0.1, 0.15) is 23.4 Å². The molecular formula is C21H23N3O3S3. The molecule has 0 spiro atoms. The van der Waals surface area contributed by atoms with Gasteiger partial charge >= 0.3 is 0 Å². The van der Waals surface area contributed by atoms with Crippen LogP contribution < -0.4 is 5.32 Å². The Bertz CT molecular complexity index is 1110. The molecule has 0 radical (unpaired) electrons. The van der Waals surface area contributed by atoms with Crippen LogP contribution in [0.4, 0.5) is 0 Å². The van der Waals surface area contributed by atoms with Crippen LogP contribution in [0.3, 0.4) is 0 Å². The summed E-state index contributed by atoms with van der Waals surface area (Å²) in [7, 11) is -3.51. The Morgan fingerprint density at radius 3 is 2.70 bits per heavy atom. The molecule has 4 rings (SSSR count). The standard InChI is InChI=1S/C21H23N3O3S3/c1-15-23-19(14-29-15)17-8-6-16(7-9-17)12-22-21(25)18-4-2-10-24(13-18)30(26,27)20-5-3-11-28-20/h3,5-9,11,14,18H,2,4,10,12-13H2,1H3,(H,22,25). The van der Waals surface area contributed by atoms with E-state index in [4.69, 9.17) is 0 Å². The zero-order valence-corrected chi connectivity index (χ0v) is 19.0. The molecule has 30 heavy (non-hydrogen) atoms. The van der Waals surface area contributed by atoms with Crippen molar-refractivity contribution in [2.75, 3.05) is 13.1 Å². The first kappa shape index (κ1) is 21.2. The maximum Gasteiger partial charge on any atom is 0.252 e. The highest BCUT2D eigenvalue weighted by Crippen LogP contribution is 2.26. The molecule has 6 nitrogen and oxygen atoms in total. The van der Waals surface area contributed by atoms with Crippen LogP contribution in [0.5, 0.6) is 0 Å². The van der Waals surface area contributed by atoms with Crippen LogP contribution in [-0.2, 0) is 21.4 Å². The Labute approximate surface area is 184 Å². The second-order valence-electron chi connectivity index (χ2n) is 7.30. The number of sulfonamides is 1. The molecule has 1 fully saturated rings. The quantitative estimate of drug-likeness (QED) is 0.604. The third-order valence-electron chi connectivity index (χ3n) is 5.18. The van der Waals surface area contributed by atoms with Gasteiger partial charge in [-0.2, -0.15) is 4.31 Å². The first-order valence-electron chi connectivity index (χ1n) is 9.76. The summed E-state index contributed by atoms with van der Waals surface area (Å²) >= 11 is 2.83. The highest BCUT2D eigenvalue weighted by Gasteiger charge is 2.33. The lowest BCUT2D eigenvalue weighted by Gasteiger charge is -2.30. The maximum atomic E-state index is 12.7. The zero-order valence-electron chi connectivity index (χ0n) is 16.6. The Morgan fingerprint density at radius 1 is 1.23 bits per heavy atom. The second kappa shape index (κ2) is 8.97. The third kappa shape index (κ3) is 4.64. The topological polar surface area (TPSA) is 79.4 Å². The molecule has 1 aliphatic rings. The van der Waals surface area contributed by atoms with E-state index in [0.29, 0.717) is 30.1 Å². The van der Waals surface area contributed by atoms with Gasteiger partial charge in [-0.3, -0.25) is 4.79 Å². The molecule has 3 heterocycles. The number of aryl methyl sites for hydroxylation is 1. The number of nitrogens with one attached hydrogen (secondary N) is 1. The average molecular weight is 462 g/mol. The SMILES string of the molecule is Cc1nc(-c2ccc(CNC(=O)C3CCCN(S(=O)(=O)c4cccs4)C3)cc2)cs1. The van der Waals surface area contributed by atoms with Crippen LogP contribution >= 0.6 is 22.7 Å². The lowest BCUT2D eigenvalue weighted by molar-refractivity contribution is -0.126. The number of amides is 1. The number of nitrogens with zero attached hydrogens (tertiary/aromatic N) is 2. The summed E-state index contributed by atoms with van der Waals surface area (Å²) in [6.45, 7) is 3.09. The summed E-state index contributed by atoms with van der Waals surface area (Å²) in [6, 6.07) is 11.3. The molecule has 9 heteroatoms. The van der Waals surface area contributed by atoms with Gasteiger partial charge in [0.25, 0.3) is 10.0 Å². The lowest BCUT2D eigenvalue weighted by Crippen LogP contribution is -2.45. The summed E-state index contributed by atoms with van der Waals surface area (Å²) in [5, 5.41) is 7.78. The zero-order chi connectivity index (χ0) is 21.1. The van der Waals surface area contributed by atoms with Crippen molar-refractivity contribution in [1.82, 2.24) is 14.6 Å². The minimum absolute atomic E-state index is 0.0970. The molecule has 0 bridgehead atoms. The largest absolute Gasteiger partial charge is 0.352 e. The van der Waals surface area contributed by atoms with Gasteiger partial charge in [0.15, 0.2) is 0 Å². The molecule has 3 aromatic rings. The van der Waals surface area contributed by atoms with E-state index in [1.807, 2.05) is 36.6 Å². The molecule has 1 amide bonds. The number of hydrogen-bond donors (Lipinski definition) is 1. The highest BCUT2D eigenvalue weighted by atomic mass is 32.2. The molecule has 2 aromatic heterocycles. The number of aromatic nitrogens is 1. The molecule has 1 aromatic carbocycles. The number of hydrogen-bond acceptors (Lipinski definition) is 6. The van der Waals surface area contributed by atoms with Crippen molar-refractivity contribution in [2.45, 2.75) is 30.5 Å². The fourth-order valence-corrected chi connectivity index (χ4v) is 6.83. The minimum Gasteiger partial charge on any atom is -0.352 e. The van der Waals surface area contributed by atoms with Gasteiger partial charge in [-0.05, 0) is 36.8 Å². The number of piperidine rings is 1. The van der Waals surface area contributed by atoms with E-state index in [9.17, 15) is 13.2 Å². The Kier molecular flexibility index (Phi) is 6.33. The minimum atomic E-state index is -3.51. The summed E-state index contributed by atoms with van der Waals surface area (Å²) in [5.74, 6) is -0.425. The monoisotopic (exact) mass is 461 g/mol. The van der Waals surface area contributed by atoms with Gasteiger partial charge in [0.1, 0.15) is 4.21 Å². The Morgan fingerprint density at radius 2 is 2.03 bits per heavy atom. The Balaban J connectivity index is 1.35. The molecule has 1 N–H and O–H groups in total. The number of thiazole rings is 1. The second-order valence-corrected chi connectivity index (χ2v) is 11.5. The van der Waals surface area contributed by atoms with Crippen LogP contribution in [0.15, 0.2) is 51.4 Å². The molecule has 1 unspecified atom stereocenters. The number of rotatable bonds is 6. The molecule has 1 aliphatic heterocycles. The molecule has 0 saturated carbocycles. The van der Waals surface area contributed by atoms with Gasteiger partial charge in [0.2, 0.25) is 5.91 Å². The fraction of sp³-hybridized carbons (Fsp3) is 0.333. The van der Waals surface area contributed by atoms with Gasteiger partial charge in [-0.15, -0.1) is 22.7 Å². The predicted molar refractivity (Wildman–Crippen MR) is 120 cm³/mol. The van der Waals surface area contributed by atoms with Crippen LogP contribution in [0, 0.1) is 12.8 Å². The third-order valence-corrected chi connectivity index (χ3v) is 9.19. The average Bonchev–Trinajstić information content (AvgIpc) is 3.45. The lowest BCUT2D eigenvalue weighted by atomic mass is 9.98. The van der Waals surface area contributed by atoms with Gasteiger partial charge in [-0.25, -0.2) is 13.4 Å². The molecular weight excluding hydrogens is 438 g/mol. The normalized spacial score (nSPS) is 17.7. The van der Waals surface area contributed by atoms with Crippen LogP contribution in [0.2, 0.25) is 0 Å². The molecule has 0 aliphatic carbocycles. The van der Waals surface area contributed by atoms with Crippen LogP contribution in [-0.4, -0.2) is 36.7 Å². The first-order chi connectivity index (χ1) is 14.4. The van der Waals surface area contributed by atoms with E-state index in [0.717, 1.165) is 21.8 Å². The van der Waals surface area contributed by atoms with Gasteiger partial charge in [0.05, 0.1) is 16.6 Å². The predicted octanol–water partition coefficient (Wildman–Crippen LogP) is 3.90. The van der Waals surface area contributed by atoms with Gasteiger partial charge < -0.3 is 5.32 Å². The maximum absolute atomic E-state index is 12.7. The van der Waals surface area contributed by atoms with Crippen molar-refractivity contribution in [3.8, 4) is 11.3 Å². The molecule has 158 valence electrons. The number of carbonyl (C=O) groups is 1. The fourth-order valence-electron chi connectivity index (χ4n) is 3.54. The number of carbonyl (C=O) groups excluding carboxylic acids is 1. The summed E-state index contributed by atoms with van der Waals surface area (Å²) < 4.78 is 27.3. The summed E-state index contributed by atoms with van der Waals surface area (Å²) in [5.41, 5.74) is 3.01. The van der Waals surface area contributed by atoms with Crippen molar-refractivity contribution < 1.29 is 13.2 Å².